The molecule has 3 heterocycles. The Labute approximate surface area is 178 Å². The fourth-order valence-corrected chi connectivity index (χ4v) is 6.04. The number of thiophene rings is 1. The minimum atomic E-state index is -0.393. The first-order chi connectivity index (χ1) is 14.5. The Morgan fingerprint density at radius 3 is 2.63 bits per heavy atom. The van der Waals surface area contributed by atoms with E-state index in [2.05, 4.69) is 11.9 Å². The van der Waals surface area contributed by atoms with Crippen molar-refractivity contribution in [3.8, 4) is 0 Å². The fraction of sp³-hybridized carbons (Fsp3) is 0.455. The zero-order chi connectivity index (χ0) is 20.8. The van der Waals surface area contributed by atoms with E-state index < -0.39 is 4.92 Å². The van der Waals surface area contributed by atoms with Gasteiger partial charge < -0.3 is 4.90 Å². The van der Waals surface area contributed by atoms with Crippen LogP contribution in [0.25, 0.3) is 10.2 Å². The lowest BCUT2D eigenvalue weighted by Gasteiger charge is -2.31. The van der Waals surface area contributed by atoms with Crippen molar-refractivity contribution >= 4 is 27.2 Å². The first-order valence-electron chi connectivity index (χ1n) is 10.5. The highest BCUT2D eigenvalue weighted by molar-refractivity contribution is 7.18. The third kappa shape index (κ3) is 3.33. The van der Waals surface area contributed by atoms with Crippen LogP contribution >= 0.6 is 11.3 Å². The molecule has 2 aliphatic rings. The lowest BCUT2D eigenvalue weighted by atomic mass is 10.0. The second-order valence-corrected chi connectivity index (χ2v) is 9.46. The van der Waals surface area contributed by atoms with Gasteiger partial charge in [0.2, 0.25) is 0 Å². The maximum Gasteiger partial charge on any atom is 0.269 e. The quantitative estimate of drug-likeness (QED) is 0.471. The van der Waals surface area contributed by atoms with Gasteiger partial charge in [-0.3, -0.25) is 19.5 Å². The molecule has 1 saturated heterocycles. The molecular formula is C22H24N4O3S. The van der Waals surface area contributed by atoms with E-state index in [-0.39, 0.29) is 17.3 Å². The summed E-state index contributed by atoms with van der Waals surface area (Å²) in [5.41, 5.74) is 2.32. The van der Waals surface area contributed by atoms with Crippen LogP contribution in [0.15, 0.2) is 29.1 Å². The number of piperidine rings is 1. The van der Waals surface area contributed by atoms with Gasteiger partial charge in [-0.1, -0.05) is 12.1 Å². The smallest absolute Gasteiger partial charge is 0.269 e. The Morgan fingerprint density at radius 2 is 1.93 bits per heavy atom. The molecule has 0 N–H and O–H groups in total. The predicted octanol–water partition coefficient (Wildman–Crippen LogP) is 3.71. The normalized spacial score (nSPS) is 17.5. The summed E-state index contributed by atoms with van der Waals surface area (Å²) in [5.74, 6) is 0.774. The lowest BCUT2D eigenvalue weighted by Crippen LogP contribution is -2.37. The van der Waals surface area contributed by atoms with Gasteiger partial charge in [-0.15, -0.1) is 11.3 Å². The fourth-order valence-electron chi connectivity index (χ4n) is 4.77. The largest absolute Gasteiger partial charge is 0.306 e. The van der Waals surface area contributed by atoms with Crippen LogP contribution in [0.4, 0.5) is 5.69 Å². The highest BCUT2D eigenvalue weighted by Crippen LogP contribution is 2.36. The van der Waals surface area contributed by atoms with Crippen LogP contribution < -0.4 is 5.56 Å². The van der Waals surface area contributed by atoms with Crippen molar-refractivity contribution in [2.45, 2.75) is 44.6 Å². The number of aromatic nitrogens is 2. The van der Waals surface area contributed by atoms with Crippen molar-refractivity contribution in [1.29, 1.82) is 0 Å². The third-order valence-electron chi connectivity index (χ3n) is 6.41. The number of nitro benzene ring substituents is 1. The molecule has 7 nitrogen and oxygen atoms in total. The van der Waals surface area contributed by atoms with Crippen LogP contribution in [0.1, 0.15) is 47.1 Å². The molecule has 0 radical (unpaired) electrons. The molecule has 156 valence electrons. The molecule has 0 atom stereocenters. The van der Waals surface area contributed by atoms with Gasteiger partial charge in [0.15, 0.2) is 0 Å². The van der Waals surface area contributed by atoms with Crippen LogP contribution in [0.3, 0.4) is 0 Å². The molecule has 2 aromatic heterocycles. The monoisotopic (exact) mass is 424 g/mol. The topological polar surface area (TPSA) is 81.3 Å². The van der Waals surface area contributed by atoms with Gasteiger partial charge in [-0.05, 0) is 63.4 Å². The summed E-state index contributed by atoms with van der Waals surface area (Å²) < 4.78 is 1.95. The number of fused-ring (bicyclic) bond motifs is 3. The second-order valence-electron chi connectivity index (χ2n) is 8.38. The number of aryl methyl sites for hydroxylation is 2. The van der Waals surface area contributed by atoms with Crippen molar-refractivity contribution in [3.63, 3.8) is 0 Å². The molecule has 0 saturated carbocycles. The highest BCUT2D eigenvalue weighted by atomic mass is 32.1. The number of rotatable bonds is 4. The average molecular weight is 425 g/mol. The molecule has 1 aliphatic heterocycles. The van der Waals surface area contributed by atoms with E-state index in [9.17, 15) is 14.9 Å². The summed E-state index contributed by atoms with van der Waals surface area (Å²) >= 11 is 1.67. The zero-order valence-corrected chi connectivity index (χ0v) is 17.8. The van der Waals surface area contributed by atoms with Gasteiger partial charge in [0, 0.05) is 29.5 Å². The van der Waals surface area contributed by atoms with Crippen molar-refractivity contribution in [2.75, 3.05) is 20.1 Å². The summed E-state index contributed by atoms with van der Waals surface area (Å²) in [6.07, 6.45) is 5.50. The summed E-state index contributed by atoms with van der Waals surface area (Å²) in [4.78, 5) is 33.7. The number of non-ortho nitro benzene ring substituents is 1. The van der Waals surface area contributed by atoms with Gasteiger partial charge in [0.1, 0.15) is 10.7 Å². The maximum atomic E-state index is 13.7. The molecule has 0 spiro atoms. The Kier molecular flexibility index (Phi) is 4.91. The molecule has 5 rings (SSSR count). The van der Waals surface area contributed by atoms with Crippen molar-refractivity contribution in [2.24, 2.45) is 0 Å². The molecule has 0 bridgehead atoms. The summed E-state index contributed by atoms with van der Waals surface area (Å²) in [7, 11) is 2.12. The highest BCUT2D eigenvalue weighted by Gasteiger charge is 2.27. The maximum absolute atomic E-state index is 13.7. The first kappa shape index (κ1) is 19.4. The minimum Gasteiger partial charge on any atom is -0.306 e. The summed E-state index contributed by atoms with van der Waals surface area (Å²) in [6.45, 7) is 1.93. The van der Waals surface area contributed by atoms with Crippen LogP contribution in [0.5, 0.6) is 0 Å². The van der Waals surface area contributed by atoms with Crippen molar-refractivity contribution < 1.29 is 4.92 Å². The average Bonchev–Trinajstić information content (AvgIpc) is 3.30. The molecule has 1 fully saturated rings. The third-order valence-corrected chi connectivity index (χ3v) is 7.59. The Balaban J connectivity index is 1.61. The Bertz CT molecular complexity index is 1170. The number of benzene rings is 1. The van der Waals surface area contributed by atoms with E-state index in [4.69, 9.17) is 4.98 Å². The predicted molar refractivity (Wildman–Crippen MR) is 118 cm³/mol. The lowest BCUT2D eigenvalue weighted by molar-refractivity contribution is -0.384. The summed E-state index contributed by atoms with van der Waals surface area (Å²) in [6, 6.07) is 6.72. The molecule has 3 aromatic rings. The van der Waals surface area contributed by atoms with Crippen molar-refractivity contribution in [1.82, 2.24) is 14.5 Å². The number of likely N-dealkylation sites (tertiary alicyclic amines) is 1. The molecule has 0 amide bonds. The standard InChI is InChI=1S/C22H24N4O3S/c1-24-11-9-15(10-12-24)25-19(13-14-5-7-16(8-6-14)26(28)29)23-21-20(22(25)27)17-3-2-4-18(17)30-21/h5-8,15H,2-4,9-13H2,1H3. The van der Waals surface area contributed by atoms with E-state index in [0.29, 0.717) is 6.42 Å². The molecular weight excluding hydrogens is 400 g/mol. The van der Waals surface area contributed by atoms with E-state index >= 15 is 0 Å². The van der Waals surface area contributed by atoms with Crippen LogP contribution in [0, 0.1) is 10.1 Å². The van der Waals surface area contributed by atoms with E-state index in [0.717, 1.165) is 66.8 Å². The zero-order valence-electron chi connectivity index (χ0n) is 17.0. The van der Waals surface area contributed by atoms with Gasteiger partial charge in [0.05, 0.1) is 10.3 Å². The number of hydrogen-bond donors (Lipinski definition) is 0. The number of hydrogen-bond acceptors (Lipinski definition) is 6. The Morgan fingerprint density at radius 1 is 1.20 bits per heavy atom. The molecule has 1 aliphatic carbocycles. The molecule has 30 heavy (non-hydrogen) atoms. The molecule has 0 unspecified atom stereocenters. The first-order valence-corrected chi connectivity index (χ1v) is 11.3. The van der Waals surface area contributed by atoms with Gasteiger partial charge in [-0.25, -0.2) is 4.98 Å². The van der Waals surface area contributed by atoms with Gasteiger partial charge in [-0.2, -0.15) is 0 Å². The van der Waals surface area contributed by atoms with E-state index in [1.165, 1.54) is 22.6 Å². The summed E-state index contributed by atoms with van der Waals surface area (Å²) in [5, 5.41) is 11.8. The van der Waals surface area contributed by atoms with E-state index in [1.807, 2.05) is 4.57 Å². The number of nitrogens with zero attached hydrogens (tertiary/aromatic N) is 4. The molecule has 8 heteroatoms. The Hall–Kier alpha value is -2.58. The van der Waals surface area contributed by atoms with Gasteiger partial charge in [0.25, 0.3) is 11.2 Å². The molecule has 1 aromatic carbocycles. The van der Waals surface area contributed by atoms with Crippen LogP contribution in [0.2, 0.25) is 0 Å². The van der Waals surface area contributed by atoms with Gasteiger partial charge >= 0.3 is 0 Å². The number of nitro groups is 1. The minimum absolute atomic E-state index is 0.0737. The van der Waals surface area contributed by atoms with Crippen LogP contribution in [-0.4, -0.2) is 39.5 Å². The van der Waals surface area contributed by atoms with E-state index in [1.54, 1.807) is 23.5 Å². The second kappa shape index (κ2) is 7.59. The van der Waals surface area contributed by atoms with Crippen LogP contribution in [-0.2, 0) is 19.3 Å². The van der Waals surface area contributed by atoms with Crippen molar-refractivity contribution in [3.05, 3.63) is 66.6 Å². The SMILES string of the molecule is CN1CCC(n2c(Cc3ccc([N+](=O)[O-])cc3)nc3sc4c(c3c2=O)CCC4)CC1.